The Labute approximate surface area is 709 Å². The van der Waals surface area contributed by atoms with Crippen LogP contribution in [0.4, 0.5) is 68.2 Å². The summed E-state index contributed by atoms with van der Waals surface area (Å²) in [5.74, 6) is 3.34. The molecular formula is C115H75N5O3. The lowest BCUT2D eigenvalue weighted by molar-refractivity contribution is 0.477. The van der Waals surface area contributed by atoms with E-state index in [-0.39, 0.29) is 5.41 Å². The molecule has 0 radical (unpaired) electrons. The van der Waals surface area contributed by atoms with E-state index in [2.05, 4.69) is 426 Å². The maximum absolute atomic E-state index is 6.80. The van der Waals surface area contributed by atoms with Crippen molar-refractivity contribution in [3.05, 3.63) is 430 Å². The van der Waals surface area contributed by atoms with Crippen LogP contribution >= 0.6 is 0 Å². The van der Waals surface area contributed by atoms with Gasteiger partial charge in [-0.15, -0.1) is 0 Å². The van der Waals surface area contributed by atoms with Crippen molar-refractivity contribution >= 4 is 177 Å². The van der Waals surface area contributed by atoms with Gasteiger partial charge >= 0.3 is 0 Å². The van der Waals surface area contributed by atoms with E-state index < -0.39 is 0 Å². The lowest BCUT2D eigenvalue weighted by atomic mass is 9.73. The van der Waals surface area contributed by atoms with Crippen molar-refractivity contribution in [2.24, 2.45) is 0 Å². The third-order valence-corrected chi connectivity index (χ3v) is 25.9. The molecular weight excluding hydrogens is 1500 g/mol. The zero-order valence-corrected chi connectivity index (χ0v) is 67.3. The number of furan rings is 1. The van der Waals surface area contributed by atoms with Crippen molar-refractivity contribution < 1.29 is 13.9 Å². The molecule has 0 aliphatic carbocycles. The number of aromatic nitrogens is 1. The van der Waals surface area contributed by atoms with E-state index in [1.165, 1.54) is 109 Å². The lowest BCUT2D eigenvalue weighted by Crippen LogP contribution is -2.30. The summed E-state index contributed by atoms with van der Waals surface area (Å²) in [6.07, 6.45) is 0. The molecule has 123 heavy (non-hydrogen) atoms. The molecule has 578 valence electrons. The monoisotopic (exact) mass is 1570 g/mol. The van der Waals surface area contributed by atoms with Crippen molar-refractivity contribution in [2.75, 3.05) is 19.6 Å². The van der Waals surface area contributed by atoms with Gasteiger partial charge in [-0.25, -0.2) is 0 Å². The van der Waals surface area contributed by atoms with Crippen LogP contribution in [-0.2, 0) is 5.41 Å². The summed E-state index contributed by atoms with van der Waals surface area (Å²) in [4.78, 5) is 9.60. The summed E-state index contributed by atoms with van der Waals surface area (Å²) in [6, 6.07) is 151. The molecule has 2 aromatic heterocycles. The van der Waals surface area contributed by atoms with E-state index >= 15 is 0 Å². The van der Waals surface area contributed by atoms with E-state index in [0.29, 0.717) is 0 Å². The van der Waals surface area contributed by atoms with Gasteiger partial charge in [-0.3, -0.25) is 0 Å². The summed E-state index contributed by atoms with van der Waals surface area (Å²) < 4.78 is 22.1. The van der Waals surface area contributed by atoms with Gasteiger partial charge in [0.15, 0.2) is 23.0 Å². The molecule has 8 nitrogen and oxygen atoms in total. The third kappa shape index (κ3) is 10.9. The predicted octanol–water partition coefficient (Wildman–Crippen LogP) is 32.8. The van der Waals surface area contributed by atoms with Gasteiger partial charge in [0.2, 0.25) is 0 Å². The molecule has 26 rings (SSSR count). The van der Waals surface area contributed by atoms with E-state index in [1.54, 1.807) is 0 Å². The zero-order chi connectivity index (χ0) is 81.1. The van der Waals surface area contributed by atoms with Gasteiger partial charge < -0.3 is 38.1 Å². The molecule has 23 aromatic rings. The van der Waals surface area contributed by atoms with Crippen LogP contribution in [0, 0.1) is 0 Å². The number of benzene rings is 21. The van der Waals surface area contributed by atoms with Crippen molar-refractivity contribution in [3.63, 3.8) is 0 Å². The number of ether oxygens (including phenoxy) is 2. The van der Waals surface area contributed by atoms with Gasteiger partial charge in [-0.2, -0.15) is 0 Å². The van der Waals surface area contributed by atoms with E-state index in [0.717, 1.165) is 130 Å². The first kappa shape index (κ1) is 69.9. The van der Waals surface area contributed by atoms with E-state index in [1.807, 2.05) is 30.3 Å². The Hall–Kier alpha value is -16.2. The third-order valence-electron chi connectivity index (χ3n) is 25.9. The van der Waals surface area contributed by atoms with Crippen LogP contribution in [-0.4, -0.2) is 4.57 Å². The minimum Gasteiger partial charge on any atom is -0.456 e. The molecule has 0 N–H and O–H groups in total. The van der Waals surface area contributed by atoms with Crippen molar-refractivity contribution in [2.45, 2.75) is 19.3 Å². The van der Waals surface area contributed by atoms with Crippen LogP contribution in [0.3, 0.4) is 0 Å². The molecule has 0 saturated heterocycles. The minimum atomic E-state index is -0.228. The Morgan fingerprint density at radius 2 is 0.683 bits per heavy atom. The summed E-state index contributed by atoms with van der Waals surface area (Å²) in [7, 11) is 0. The summed E-state index contributed by atoms with van der Waals surface area (Å²) in [5.41, 5.74) is 25.4. The van der Waals surface area contributed by atoms with Crippen LogP contribution in [0.15, 0.2) is 423 Å². The molecule has 0 spiro atoms. The zero-order valence-electron chi connectivity index (χ0n) is 67.3. The van der Waals surface area contributed by atoms with Crippen molar-refractivity contribution in [3.8, 4) is 50.9 Å². The van der Waals surface area contributed by atoms with Crippen LogP contribution in [0.2, 0.25) is 0 Å². The second-order valence-electron chi connectivity index (χ2n) is 33.0. The van der Waals surface area contributed by atoms with Crippen LogP contribution in [0.25, 0.3) is 136 Å². The number of rotatable bonds is 9. The number of fused-ring (bicyclic) bond motifs is 18. The first-order chi connectivity index (χ1) is 60.8. The Bertz CT molecular complexity index is 8090. The topological polar surface area (TPSA) is 49.5 Å². The van der Waals surface area contributed by atoms with Gasteiger partial charge in [-0.05, 0) is 233 Å². The van der Waals surface area contributed by atoms with E-state index in [9.17, 15) is 0 Å². The number of hydrogen-bond acceptors (Lipinski definition) is 7. The average Bonchev–Trinajstić information content (AvgIpc) is 1.71. The van der Waals surface area contributed by atoms with Gasteiger partial charge in [0.1, 0.15) is 11.2 Å². The highest BCUT2D eigenvalue weighted by atomic mass is 16.5. The lowest BCUT2D eigenvalue weighted by Gasteiger charge is -2.42. The Kier molecular flexibility index (Phi) is 15.6. The Balaban J connectivity index is 0.000000136. The largest absolute Gasteiger partial charge is 0.456 e. The molecule has 21 aromatic carbocycles. The molecule has 0 bridgehead atoms. The second kappa shape index (κ2) is 27.5. The molecule has 0 amide bonds. The molecule has 3 aliphatic rings. The highest BCUT2D eigenvalue weighted by Gasteiger charge is 2.39. The summed E-state index contributed by atoms with van der Waals surface area (Å²) in [6.45, 7) is 4.70. The van der Waals surface area contributed by atoms with Gasteiger partial charge in [0, 0.05) is 72.2 Å². The molecule has 3 aliphatic heterocycles. The predicted molar refractivity (Wildman–Crippen MR) is 513 cm³/mol. The Morgan fingerprint density at radius 3 is 1.29 bits per heavy atom. The average molecular weight is 1570 g/mol. The first-order valence-electron chi connectivity index (χ1n) is 42.2. The first-order valence-corrected chi connectivity index (χ1v) is 42.2. The fourth-order valence-electron chi connectivity index (χ4n) is 20.2. The fourth-order valence-corrected chi connectivity index (χ4v) is 20.2. The van der Waals surface area contributed by atoms with Crippen molar-refractivity contribution in [1.82, 2.24) is 4.57 Å². The quantitative estimate of drug-likeness (QED) is 0.133. The number of para-hydroxylation sites is 10. The second-order valence-corrected chi connectivity index (χ2v) is 33.0. The maximum atomic E-state index is 6.80. The Morgan fingerprint density at radius 1 is 0.228 bits per heavy atom. The highest BCUT2D eigenvalue weighted by molar-refractivity contribution is 6.30. The summed E-state index contributed by atoms with van der Waals surface area (Å²) >= 11 is 0. The molecule has 8 heteroatoms. The van der Waals surface area contributed by atoms with Gasteiger partial charge in [0.25, 0.3) is 0 Å². The van der Waals surface area contributed by atoms with Crippen LogP contribution < -0.4 is 29.1 Å². The molecule has 5 heterocycles. The SMILES string of the molecule is CC1(C)c2ccccc2N(c2ccc3c4ccc(N(c5ccc(-c6ccccc6)cc5)c5ccc(-c6ccccc6)cc5)cc4c4ccccc4c3c2)c2cc3oc4ccccc4c3cc21.c1ccc(-n2c3ccccc3c3cc4c(cc32)N(c2ccc3ccc5c(N6c7ccccc7Oc7ccccc76)ccc6ccc2c3c65)c2ccccc2O4)cc1. The number of nitrogens with zero attached hydrogens (tertiary/aromatic N) is 5. The smallest absolute Gasteiger partial charge is 0.152 e. The number of hydrogen-bond donors (Lipinski definition) is 0. The highest BCUT2D eigenvalue weighted by Crippen LogP contribution is 2.59. The standard InChI is InChI=1S/C63H44N2O.C52H31N3O2/c1-63(2)57-22-12-13-23-59(57)65(60-40-62-56(39-58(60)63)53-21-11-14-24-61(53)66-62)48-34-36-52-51-35-33-47(37-54(51)49-19-9-10-20-50(49)55(52)38-48)64(45-29-25-43(26-30-45)41-15-5-3-6-16-41)46-31-27-44(28-32-46)42-17-7-4-8-18-42;1-2-12-34(13-3-1)53-39-15-5-4-14-35(39)38-30-50-46(31-45(38)53)55(44-18-8-11-21-49(44)57-50)41-29-25-33-22-26-36-40(28-24-32-23-27-37(41)52(33)51(32)36)54-42-16-6-9-19-47(42)56-48-20-10-7-17-43(48)54/h3-40H,1-2H3;1-31H. The van der Waals surface area contributed by atoms with Crippen LogP contribution in [0.1, 0.15) is 25.0 Å². The van der Waals surface area contributed by atoms with Crippen molar-refractivity contribution in [1.29, 1.82) is 0 Å². The van der Waals surface area contributed by atoms with Crippen LogP contribution in [0.5, 0.6) is 23.0 Å². The van der Waals surface area contributed by atoms with E-state index in [4.69, 9.17) is 13.9 Å². The minimum absolute atomic E-state index is 0.228. The maximum Gasteiger partial charge on any atom is 0.152 e. The summed E-state index contributed by atoms with van der Waals surface area (Å²) in [5, 5.41) is 19.2. The molecule has 0 atom stereocenters. The van der Waals surface area contributed by atoms with Gasteiger partial charge in [-0.1, -0.05) is 281 Å². The molecule has 0 saturated carbocycles. The van der Waals surface area contributed by atoms with Gasteiger partial charge in [0.05, 0.1) is 56.5 Å². The normalized spacial score (nSPS) is 13.1. The number of anilines is 12. The molecule has 0 fully saturated rings. The molecule has 0 unspecified atom stereocenters. The fraction of sp³-hybridized carbons (Fsp3) is 0.0261.